The molecule has 0 bridgehead atoms. The minimum atomic E-state index is -0.180. The summed E-state index contributed by atoms with van der Waals surface area (Å²) in [4.78, 5) is 0. The third kappa shape index (κ3) is 20.6. The van der Waals surface area contributed by atoms with Crippen molar-refractivity contribution < 1.29 is 5.11 Å². The van der Waals surface area contributed by atoms with Gasteiger partial charge >= 0.3 is 0 Å². The zero-order chi connectivity index (χ0) is 20.9. The summed E-state index contributed by atoms with van der Waals surface area (Å²) in [5.41, 5.74) is 0.156. The van der Waals surface area contributed by atoms with E-state index in [1.807, 2.05) is 0 Å². The molecule has 0 aromatic rings. The van der Waals surface area contributed by atoms with Gasteiger partial charge < -0.3 is 10.4 Å². The van der Waals surface area contributed by atoms with Crippen LogP contribution in [0.5, 0.6) is 0 Å². The van der Waals surface area contributed by atoms with Crippen LogP contribution in [0.2, 0.25) is 0 Å². The topological polar surface area (TPSA) is 32.3 Å². The van der Waals surface area contributed by atoms with Crippen LogP contribution in [0, 0.1) is 0 Å². The molecular weight excluding hydrogens is 342 g/mol. The Morgan fingerprint density at radius 3 is 1.43 bits per heavy atom. The van der Waals surface area contributed by atoms with E-state index in [-0.39, 0.29) is 11.6 Å². The normalized spacial score (nSPS) is 13.2. The summed E-state index contributed by atoms with van der Waals surface area (Å²) in [6.07, 6.45) is 25.6. The summed E-state index contributed by atoms with van der Waals surface area (Å²) in [7, 11) is 0. The highest BCUT2D eigenvalue weighted by Crippen LogP contribution is 2.17. The molecule has 0 saturated carbocycles. The first kappa shape index (κ1) is 27.9. The molecule has 0 heterocycles. The van der Waals surface area contributed by atoms with E-state index in [0.29, 0.717) is 0 Å². The molecular formula is C26H55NO. The highest BCUT2D eigenvalue weighted by Gasteiger charge is 2.17. The van der Waals surface area contributed by atoms with Gasteiger partial charge in [0, 0.05) is 12.1 Å². The van der Waals surface area contributed by atoms with Gasteiger partial charge in [-0.15, -0.1) is 0 Å². The Morgan fingerprint density at radius 1 is 0.607 bits per heavy atom. The number of β-amino-alcohol motifs (C(OH)–C–C–N with tert-alkyl or cyclic N) is 1. The van der Waals surface area contributed by atoms with Gasteiger partial charge in [-0.05, 0) is 26.7 Å². The molecule has 2 N–H and O–H groups in total. The number of hydrogen-bond donors (Lipinski definition) is 2. The molecule has 170 valence electrons. The molecule has 0 aliphatic heterocycles. The lowest BCUT2D eigenvalue weighted by atomic mass is 9.95. The summed E-state index contributed by atoms with van der Waals surface area (Å²) >= 11 is 0. The molecule has 0 radical (unpaired) electrons. The Bertz CT molecular complexity index is 303. The summed E-state index contributed by atoms with van der Waals surface area (Å²) in [6, 6.07) is 0. The fourth-order valence-corrected chi connectivity index (χ4v) is 3.96. The van der Waals surface area contributed by atoms with Crippen molar-refractivity contribution in [3.05, 3.63) is 0 Å². The van der Waals surface area contributed by atoms with Gasteiger partial charge in [-0.2, -0.15) is 0 Å². The van der Waals surface area contributed by atoms with E-state index < -0.39 is 0 Å². The maximum Gasteiger partial charge on any atom is 0.0664 e. The van der Waals surface area contributed by atoms with Crippen LogP contribution in [0.15, 0.2) is 0 Å². The van der Waals surface area contributed by atoms with Crippen LogP contribution in [-0.2, 0) is 0 Å². The molecule has 28 heavy (non-hydrogen) atoms. The van der Waals surface area contributed by atoms with E-state index in [0.717, 1.165) is 19.4 Å². The predicted molar refractivity (Wildman–Crippen MR) is 127 cm³/mol. The number of aliphatic hydroxyl groups is 1. The van der Waals surface area contributed by atoms with Gasteiger partial charge in [0.15, 0.2) is 0 Å². The first-order chi connectivity index (χ1) is 13.5. The first-order valence-electron chi connectivity index (χ1n) is 12.9. The zero-order valence-corrected chi connectivity index (χ0v) is 20.2. The van der Waals surface area contributed by atoms with Crippen LogP contribution >= 0.6 is 0 Å². The van der Waals surface area contributed by atoms with E-state index in [1.54, 1.807) is 0 Å². The molecule has 1 unspecified atom stereocenters. The van der Waals surface area contributed by atoms with Crippen LogP contribution < -0.4 is 5.32 Å². The maximum atomic E-state index is 9.98. The van der Waals surface area contributed by atoms with Crippen molar-refractivity contribution in [3.63, 3.8) is 0 Å². The lowest BCUT2D eigenvalue weighted by Gasteiger charge is -2.28. The summed E-state index contributed by atoms with van der Waals surface area (Å²) < 4.78 is 0. The van der Waals surface area contributed by atoms with E-state index in [1.165, 1.54) is 109 Å². The SMILES string of the molecule is CCCCCCCCCCCCCCCCCC(C)(C)NCC(O)CCCC. The van der Waals surface area contributed by atoms with Crippen molar-refractivity contribution in [2.24, 2.45) is 0 Å². The highest BCUT2D eigenvalue weighted by molar-refractivity contribution is 4.78. The van der Waals surface area contributed by atoms with Gasteiger partial charge in [0.25, 0.3) is 0 Å². The van der Waals surface area contributed by atoms with Crippen molar-refractivity contribution in [1.29, 1.82) is 0 Å². The van der Waals surface area contributed by atoms with Gasteiger partial charge in [-0.25, -0.2) is 0 Å². The molecule has 0 saturated heterocycles. The summed E-state index contributed by atoms with van der Waals surface area (Å²) in [5.74, 6) is 0. The molecule has 0 spiro atoms. The number of unbranched alkanes of at least 4 members (excludes halogenated alkanes) is 15. The van der Waals surface area contributed by atoms with Crippen molar-refractivity contribution in [1.82, 2.24) is 5.32 Å². The Morgan fingerprint density at radius 2 is 1.00 bits per heavy atom. The predicted octanol–water partition coefficient (Wildman–Crippen LogP) is 8.17. The van der Waals surface area contributed by atoms with E-state index in [4.69, 9.17) is 0 Å². The number of rotatable bonds is 22. The molecule has 2 heteroatoms. The molecule has 2 nitrogen and oxygen atoms in total. The second kappa shape index (κ2) is 20.2. The summed E-state index contributed by atoms with van der Waals surface area (Å²) in [5, 5.41) is 13.6. The van der Waals surface area contributed by atoms with Crippen LogP contribution in [0.3, 0.4) is 0 Å². The largest absolute Gasteiger partial charge is 0.392 e. The molecule has 0 aliphatic carbocycles. The average Bonchev–Trinajstić information content (AvgIpc) is 2.67. The maximum absolute atomic E-state index is 9.98. The number of nitrogens with one attached hydrogen (secondary N) is 1. The molecule has 0 amide bonds. The lowest BCUT2D eigenvalue weighted by Crippen LogP contribution is -2.43. The fourth-order valence-electron chi connectivity index (χ4n) is 3.96. The minimum Gasteiger partial charge on any atom is -0.392 e. The van der Waals surface area contributed by atoms with Crippen LogP contribution in [0.1, 0.15) is 150 Å². The number of hydrogen-bond acceptors (Lipinski definition) is 2. The molecule has 1 atom stereocenters. The fraction of sp³-hybridized carbons (Fsp3) is 1.00. The minimum absolute atomic E-state index is 0.156. The first-order valence-corrected chi connectivity index (χ1v) is 12.9. The van der Waals surface area contributed by atoms with Crippen molar-refractivity contribution in [2.45, 2.75) is 161 Å². The third-order valence-corrected chi connectivity index (χ3v) is 6.11. The Hall–Kier alpha value is -0.0800. The van der Waals surface area contributed by atoms with E-state index in [9.17, 15) is 5.11 Å². The monoisotopic (exact) mass is 397 g/mol. The molecule has 0 aliphatic rings. The quantitative estimate of drug-likeness (QED) is 0.181. The summed E-state index contributed by atoms with van der Waals surface area (Å²) in [6.45, 7) is 9.78. The van der Waals surface area contributed by atoms with Crippen LogP contribution in [-0.4, -0.2) is 23.3 Å². The van der Waals surface area contributed by atoms with Gasteiger partial charge in [0.05, 0.1) is 6.10 Å². The van der Waals surface area contributed by atoms with E-state index in [2.05, 4.69) is 33.0 Å². The Kier molecular flexibility index (Phi) is 20.1. The zero-order valence-electron chi connectivity index (χ0n) is 20.2. The lowest BCUT2D eigenvalue weighted by molar-refractivity contribution is 0.144. The molecule has 0 aromatic carbocycles. The second-order valence-electron chi connectivity index (χ2n) is 9.76. The number of aliphatic hydroxyl groups excluding tert-OH is 1. The Balaban J connectivity index is 3.33. The van der Waals surface area contributed by atoms with Gasteiger partial charge in [-0.1, -0.05) is 123 Å². The van der Waals surface area contributed by atoms with Gasteiger partial charge in [0.2, 0.25) is 0 Å². The Labute approximate surface area is 178 Å². The second-order valence-corrected chi connectivity index (χ2v) is 9.76. The van der Waals surface area contributed by atoms with Gasteiger partial charge in [-0.3, -0.25) is 0 Å². The molecule has 0 fully saturated rings. The van der Waals surface area contributed by atoms with Crippen molar-refractivity contribution in [3.8, 4) is 0 Å². The van der Waals surface area contributed by atoms with Crippen LogP contribution in [0.25, 0.3) is 0 Å². The third-order valence-electron chi connectivity index (χ3n) is 6.11. The molecule has 0 rings (SSSR count). The smallest absolute Gasteiger partial charge is 0.0664 e. The standard InChI is InChI=1S/C26H55NO/c1-5-7-9-10-11-12-13-14-15-16-17-18-19-20-21-23-26(3,4)27-24-25(28)22-8-6-2/h25,27-28H,5-24H2,1-4H3. The van der Waals surface area contributed by atoms with Crippen molar-refractivity contribution in [2.75, 3.05) is 6.54 Å². The van der Waals surface area contributed by atoms with Crippen LogP contribution in [0.4, 0.5) is 0 Å². The highest BCUT2D eigenvalue weighted by atomic mass is 16.3. The van der Waals surface area contributed by atoms with Crippen molar-refractivity contribution >= 4 is 0 Å². The molecule has 0 aromatic heterocycles. The van der Waals surface area contributed by atoms with Gasteiger partial charge in [0.1, 0.15) is 0 Å². The average molecular weight is 398 g/mol. The van der Waals surface area contributed by atoms with E-state index >= 15 is 0 Å².